The molecule has 2 N–H and O–H groups in total. The zero-order chi connectivity index (χ0) is 22.2. The fourth-order valence-electron chi connectivity index (χ4n) is 3.68. The largest absolute Gasteiger partial charge is 0.353 e. The van der Waals surface area contributed by atoms with Crippen molar-refractivity contribution in [3.8, 4) is 0 Å². The molecule has 164 valence electrons. The van der Waals surface area contributed by atoms with E-state index in [0.717, 1.165) is 24.1 Å². The topological polar surface area (TPSA) is 96.3 Å². The summed E-state index contributed by atoms with van der Waals surface area (Å²) in [6.45, 7) is 7.53. The van der Waals surface area contributed by atoms with Crippen molar-refractivity contribution >= 4 is 17.7 Å². The van der Waals surface area contributed by atoms with Crippen LogP contribution < -0.4 is 10.6 Å². The first kappa shape index (κ1) is 21.1. The minimum atomic E-state index is -0.285. The minimum absolute atomic E-state index is 0.0843. The minimum Gasteiger partial charge on any atom is -0.353 e. The van der Waals surface area contributed by atoms with Crippen molar-refractivity contribution in [3.05, 3.63) is 52.8 Å². The van der Waals surface area contributed by atoms with E-state index in [2.05, 4.69) is 15.7 Å². The number of piperazine rings is 1. The number of hydrogen-bond donors (Lipinski definition) is 2. The molecule has 1 saturated heterocycles. The van der Waals surface area contributed by atoms with E-state index in [1.165, 1.54) is 0 Å². The lowest BCUT2D eigenvalue weighted by atomic mass is 10.1. The van der Waals surface area contributed by atoms with Crippen LogP contribution in [0.1, 0.15) is 71.6 Å². The molecule has 1 saturated carbocycles. The molecule has 2 aliphatic rings. The van der Waals surface area contributed by atoms with E-state index < -0.39 is 0 Å². The number of rotatable bonds is 5. The number of aromatic nitrogens is 2. The van der Waals surface area contributed by atoms with Crippen molar-refractivity contribution in [1.82, 2.24) is 25.3 Å². The molecule has 2 heterocycles. The highest BCUT2D eigenvalue weighted by molar-refractivity contribution is 5.97. The van der Waals surface area contributed by atoms with Crippen molar-refractivity contribution in [2.45, 2.75) is 51.6 Å². The van der Waals surface area contributed by atoms with Gasteiger partial charge in [-0.05, 0) is 57.4 Å². The highest BCUT2D eigenvalue weighted by Gasteiger charge is 2.31. The summed E-state index contributed by atoms with van der Waals surface area (Å²) < 4.78 is 1.81. The number of benzene rings is 1. The van der Waals surface area contributed by atoms with Crippen LogP contribution in [0.4, 0.5) is 0 Å². The predicted molar refractivity (Wildman–Crippen MR) is 116 cm³/mol. The van der Waals surface area contributed by atoms with Crippen LogP contribution in [0.3, 0.4) is 0 Å². The Balaban J connectivity index is 1.40. The Morgan fingerprint density at radius 3 is 2.52 bits per heavy atom. The normalized spacial score (nSPS) is 16.7. The van der Waals surface area contributed by atoms with Gasteiger partial charge in [0.2, 0.25) is 5.91 Å². The van der Waals surface area contributed by atoms with Gasteiger partial charge in [0.05, 0.1) is 17.8 Å². The number of carbonyl (C=O) groups excluding carboxylic acids is 3. The Hall–Kier alpha value is -3.16. The zero-order valence-electron chi connectivity index (χ0n) is 18.3. The second kappa shape index (κ2) is 8.17. The maximum Gasteiger partial charge on any atom is 0.269 e. The molecule has 0 atom stereocenters. The second-order valence-electron chi connectivity index (χ2n) is 9.27. The third-order valence-corrected chi connectivity index (χ3v) is 5.57. The van der Waals surface area contributed by atoms with E-state index in [9.17, 15) is 14.4 Å². The Morgan fingerprint density at radius 1 is 1.19 bits per heavy atom. The van der Waals surface area contributed by atoms with Gasteiger partial charge in [0.25, 0.3) is 11.8 Å². The highest BCUT2D eigenvalue weighted by Crippen LogP contribution is 2.40. The fourth-order valence-corrected chi connectivity index (χ4v) is 3.68. The molecule has 0 spiro atoms. The SMILES string of the molecule is CC(C)(C)n1nc(C2CC2)cc1C(=O)NCc1ccc(C(=O)N2CCNC(=O)C2)cc1. The van der Waals surface area contributed by atoms with Crippen molar-refractivity contribution in [3.63, 3.8) is 0 Å². The van der Waals surface area contributed by atoms with Crippen LogP contribution in [0.15, 0.2) is 30.3 Å². The Kier molecular flexibility index (Phi) is 5.56. The van der Waals surface area contributed by atoms with Crippen LogP contribution in [0.2, 0.25) is 0 Å². The first-order valence-corrected chi connectivity index (χ1v) is 10.8. The maximum absolute atomic E-state index is 12.9. The smallest absolute Gasteiger partial charge is 0.269 e. The van der Waals surface area contributed by atoms with Gasteiger partial charge in [0, 0.05) is 31.1 Å². The molecule has 4 rings (SSSR count). The third-order valence-electron chi connectivity index (χ3n) is 5.57. The average molecular weight is 424 g/mol. The Morgan fingerprint density at radius 2 is 1.90 bits per heavy atom. The third kappa shape index (κ3) is 4.78. The monoisotopic (exact) mass is 423 g/mol. The van der Waals surface area contributed by atoms with Crippen molar-refractivity contribution in [2.75, 3.05) is 19.6 Å². The fraction of sp³-hybridized carbons (Fsp3) is 0.478. The van der Waals surface area contributed by atoms with Gasteiger partial charge in [-0.25, -0.2) is 0 Å². The van der Waals surface area contributed by atoms with Gasteiger partial charge in [-0.1, -0.05) is 12.1 Å². The van der Waals surface area contributed by atoms with Gasteiger partial charge in [-0.2, -0.15) is 5.10 Å². The van der Waals surface area contributed by atoms with Gasteiger partial charge in [-0.3, -0.25) is 19.1 Å². The molecule has 1 aliphatic carbocycles. The number of carbonyl (C=O) groups is 3. The van der Waals surface area contributed by atoms with E-state index >= 15 is 0 Å². The lowest BCUT2D eigenvalue weighted by Gasteiger charge is -2.26. The molecule has 2 fully saturated rings. The van der Waals surface area contributed by atoms with Crippen LogP contribution in [-0.2, 0) is 16.9 Å². The van der Waals surface area contributed by atoms with Gasteiger partial charge < -0.3 is 15.5 Å². The lowest BCUT2D eigenvalue weighted by Crippen LogP contribution is -2.49. The molecule has 2 aromatic rings. The molecule has 1 aromatic carbocycles. The van der Waals surface area contributed by atoms with Crippen LogP contribution in [0.25, 0.3) is 0 Å². The van der Waals surface area contributed by atoms with Gasteiger partial charge in [0.1, 0.15) is 5.69 Å². The molecule has 3 amide bonds. The summed E-state index contributed by atoms with van der Waals surface area (Å²) in [5, 5.41) is 10.4. The molecule has 0 radical (unpaired) electrons. The number of amides is 3. The summed E-state index contributed by atoms with van der Waals surface area (Å²) in [7, 11) is 0. The molecule has 31 heavy (non-hydrogen) atoms. The van der Waals surface area contributed by atoms with E-state index in [0.29, 0.717) is 36.8 Å². The van der Waals surface area contributed by atoms with Crippen LogP contribution in [-0.4, -0.2) is 52.0 Å². The molecule has 1 aromatic heterocycles. The summed E-state index contributed by atoms with van der Waals surface area (Å²) >= 11 is 0. The van der Waals surface area contributed by atoms with Crippen molar-refractivity contribution in [2.24, 2.45) is 0 Å². The summed E-state index contributed by atoms with van der Waals surface area (Å²) in [4.78, 5) is 38.5. The van der Waals surface area contributed by atoms with Crippen LogP contribution >= 0.6 is 0 Å². The number of nitrogens with zero attached hydrogens (tertiary/aromatic N) is 3. The van der Waals surface area contributed by atoms with Gasteiger partial charge in [-0.15, -0.1) is 0 Å². The quantitative estimate of drug-likeness (QED) is 0.769. The summed E-state index contributed by atoms with van der Waals surface area (Å²) in [6.07, 6.45) is 2.27. The van der Waals surface area contributed by atoms with E-state index in [-0.39, 0.29) is 29.8 Å². The van der Waals surface area contributed by atoms with Gasteiger partial charge >= 0.3 is 0 Å². The molecular formula is C23H29N5O3. The molecule has 1 aliphatic heterocycles. The molecule has 0 bridgehead atoms. The van der Waals surface area contributed by atoms with Crippen LogP contribution in [0.5, 0.6) is 0 Å². The van der Waals surface area contributed by atoms with Gasteiger partial charge in [0.15, 0.2) is 0 Å². The molecule has 8 heteroatoms. The molecule has 0 unspecified atom stereocenters. The van der Waals surface area contributed by atoms with Crippen molar-refractivity contribution in [1.29, 1.82) is 0 Å². The highest BCUT2D eigenvalue weighted by atomic mass is 16.2. The summed E-state index contributed by atoms with van der Waals surface area (Å²) in [5.41, 5.74) is 2.71. The summed E-state index contributed by atoms with van der Waals surface area (Å²) in [6, 6.07) is 9.04. The molecular weight excluding hydrogens is 394 g/mol. The second-order valence-corrected chi connectivity index (χ2v) is 9.27. The number of hydrogen-bond acceptors (Lipinski definition) is 4. The predicted octanol–water partition coefficient (Wildman–Crippen LogP) is 2.02. The van der Waals surface area contributed by atoms with E-state index in [1.54, 1.807) is 17.0 Å². The summed E-state index contributed by atoms with van der Waals surface area (Å²) in [5.74, 6) is 0.0189. The molecule has 8 nitrogen and oxygen atoms in total. The first-order chi connectivity index (χ1) is 14.7. The average Bonchev–Trinajstić information content (AvgIpc) is 3.48. The number of nitrogens with one attached hydrogen (secondary N) is 2. The van der Waals surface area contributed by atoms with E-state index in [4.69, 9.17) is 0 Å². The lowest BCUT2D eigenvalue weighted by molar-refractivity contribution is -0.123. The van der Waals surface area contributed by atoms with Crippen molar-refractivity contribution < 1.29 is 14.4 Å². The maximum atomic E-state index is 12.9. The van der Waals surface area contributed by atoms with E-state index in [1.807, 2.05) is 43.7 Å². The Bertz CT molecular complexity index is 999. The Labute approximate surface area is 182 Å². The first-order valence-electron chi connectivity index (χ1n) is 10.8. The standard InChI is InChI=1S/C23H29N5O3/c1-23(2,3)28-19(12-18(26-28)16-8-9-16)21(30)25-13-15-4-6-17(7-5-15)22(31)27-11-10-24-20(29)14-27/h4-7,12,16H,8-11,13-14H2,1-3H3,(H,24,29)(H,25,30). The van der Waals surface area contributed by atoms with Crippen LogP contribution in [0, 0.1) is 0 Å². The zero-order valence-corrected chi connectivity index (χ0v) is 18.3.